The molecule has 47 heavy (non-hydrogen) atoms. The Hall–Kier alpha value is -4.77. The van der Waals surface area contributed by atoms with Crippen LogP contribution in [0.25, 0.3) is 33.4 Å². The molecule has 242 valence electrons. The van der Waals surface area contributed by atoms with E-state index in [0.717, 1.165) is 18.2 Å². The van der Waals surface area contributed by atoms with Crippen LogP contribution in [-0.2, 0) is 12.5 Å². The van der Waals surface area contributed by atoms with Crippen molar-refractivity contribution in [3.63, 3.8) is 0 Å². The van der Waals surface area contributed by atoms with E-state index in [0.29, 0.717) is 54.8 Å². The van der Waals surface area contributed by atoms with Gasteiger partial charge in [0.1, 0.15) is 40.4 Å². The summed E-state index contributed by atoms with van der Waals surface area (Å²) >= 11 is 6.00. The smallest absolute Gasteiger partial charge is 0.429 e. The lowest BCUT2D eigenvalue weighted by Crippen LogP contribution is -2.24. The van der Waals surface area contributed by atoms with E-state index in [2.05, 4.69) is 11.3 Å². The zero-order valence-corrected chi connectivity index (χ0v) is 24.4. The maximum atomic E-state index is 15.2. The molecule has 0 aliphatic heterocycles. The Bertz CT molecular complexity index is 1960. The second-order valence-corrected chi connectivity index (χ2v) is 10.7. The SMILES string of the molecule is C=CCCc1ccc(-c2cc(F)c(C(F)(F)Oc3ccc(-c4cc(F)c(-c5cc(F)c(F)c(F)c5)c(F)c4)c(F)c3)c(Cl)c2)c(F)c1. The number of rotatable bonds is 9. The van der Waals surface area contributed by atoms with E-state index >= 15 is 17.6 Å². The molecule has 0 amide bonds. The summed E-state index contributed by atoms with van der Waals surface area (Å²) in [6.07, 6.45) is -1.73. The van der Waals surface area contributed by atoms with Crippen molar-refractivity contribution in [2.24, 2.45) is 0 Å². The highest BCUT2D eigenvalue weighted by molar-refractivity contribution is 6.31. The van der Waals surface area contributed by atoms with Crippen LogP contribution in [0.2, 0.25) is 5.02 Å². The average Bonchev–Trinajstić information content (AvgIpc) is 2.97. The molecule has 5 aromatic carbocycles. The first-order valence-electron chi connectivity index (χ1n) is 13.6. The number of hydrogen-bond donors (Lipinski definition) is 0. The lowest BCUT2D eigenvalue weighted by Gasteiger charge is -2.21. The summed E-state index contributed by atoms with van der Waals surface area (Å²) in [6.45, 7) is 3.59. The molecule has 0 saturated heterocycles. The van der Waals surface area contributed by atoms with Gasteiger partial charge in [-0.2, -0.15) is 8.78 Å². The van der Waals surface area contributed by atoms with Crippen molar-refractivity contribution in [1.29, 1.82) is 0 Å². The highest BCUT2D eigenvalue weighted by atomic mass is 35.5. The quantitative estimate of drug-likeness (QED) is 0.0855. The van der Waals surface area contributed by atoms with Gasteiger partial charge in [0.25, 0.3) is 0 Å². The fraction of sp³-hybridized carbons (Fsp3) is 0.0857. The van der Waals surface area contributed by atoms with Gasteiger partial charge in [-0.05, 0) is 89.7 Å². The third kappa shape index (κ3) is 6.85. The van der Waals surface area contributed by atoms with Gasteiger partial charge in [0.05, 0.1) is 10.6 Å². The molecule has 0 aliphatic rings. The molecular weight excluding hydrogens is 662 g/mol. The van der Waals surface area contributed by atoms with E-state index in [1.807, 2.05) is 0 Å². The summed E-state index contributed by atoms with van der Waals surface area (Å²) in [5.41, 5.74) is -3.53. The van der Waals surface area contributed by atoms with Crippen molar-refractivity contribution >= 4 is 11.6 Å². The number of ether oxygens (including phenoxy) is 1. The van der Waals surface area contributed by atoms with Crippen molar-refractivity contribution in [3.8, 4) is 39.1 Å². The monoisotopic (exact) mass is 680 g/mol. The summed E-state index contributed by atoms with van der Waals surface area (Å²) in [6, 6.07) is 9.79. The van der Waals surface area contributed by atoms with E-state index in [-0.39, 0.29) is 11.1 Å². The number of hydrogen-bond acceptors (Lipinski definition) is 1. The molecule has 12 heteroatoms. The molecule has 0 heterocycles. The Balaban J connectivity index is 1.41. The van der Waals surface area contributed by atoms with Crippen molar-refractivity contribution in [2.45, 2.75) is 19.0 Å². The van der Waals surface area contributed by atoms with Crippen molar-refractivity contribution in [3.05, 3.63) is 148 Å². The largest absolute Gasteiger partial charge is 0.431 e. The second-order valence-electron chi connectivity index (χ2n) is 10.3. The van der Waals surface area contributed by atoms with Crippen LogP contribution in [0.5, 0.6) is 5.75 Å². The van der Waals surface area contributed by atoms with Crippen LogP contribution in [-0.4, -0.2) is 0 Å². The van der Waals surface area contributed by atoms with Crippen LogP contribution in [0.3, 0.4) is 0 Å². The topological polar surface area (TPSA) is 9.23 Å². The van der Waals surface area contributed by atoms with E-state index in [1.54, 1.807) is 12.1 Å². The molecule has 0 unspecified atom stereocenters. The molecule has 0 atom stereocenters. The molecule has 0 N–H and O–H groups in total. The summed E-state index contributed by atoms with van der Waals surface area (Å²) in [4.78, 5) is 0. The third-order valence-corrected chi connectivity index (χ3v) is 7.43. The van der Waals surface area contributed by atoms with Gasteiger partial charge in [0.2, 0.25) is 0 Å². The van der Waals surface area contributed by atoms with E-state index in [1.165, 1.54) is 12.1 Å². The van der Waals surface area contributed by atoms with E-state index in [4.69, 9.17) is 11.6 Å². The molecule has 0 aromatic heterocycles. The number of alkyl halides is 2. The van der Waals surface area contributed by atoms with Crippen LogP contribution >= 0.6 is 11.6 Å². The zero-order valence-electron chi connectivity index (χ0n) is 23.7. The Morgan fingerprint density at radius 3 is 1.70 bits per heavy atom. The Kier molecular flexibility index (Phi) is 9.40. The van der Waals surface area contributed by atoms with Gasteiger partial charge in [-0.15, -0.1) is 6.58 Å². The summed E-state index contributed by atoms with van der Waals surface area (Å²) in [7, 11) is 0. The van der Waals surface area contributed by atoms with Gasteiger partial charge in [-0.25, -0.2) is 35.1 Å². The molecule has 0 bridgehead atoms. The highest BCUT2D eigenvalue weighted by Crippen LogP contribution is 2.41. The Labute approximate surface area is 266 Å². The normalized spacial score (nSPS) is 11.6. The van der Waals surface area contributed by atoms with Crippen LogP contribution in [0.4, 0.5) is 43.9 Å². The zero-order chi connectivity index (χ0) is 34.2. The van der Waals surface area contributed by atoms with Crippen LogP contribution in [0, 0.1) is 46.5 Å². The second kappa shape index (κ2) is 13.2. The third-order valence-electron chi connectivity index (χ3n) is 7.13. The van der Waals surface area contributed by atoms with Gasteiger partial charge in [0, 0.05) is 17.2 Å². The van der Waals surface area contributed by atoms with Crippen molar-refractivity contribution < 1.29 is 48.6 Å². The van der Waals surface area contributed by atoms with Crippen molar-refractivity contribution in [2.75, 3.05) is 0 Å². The molecule has 0 aliphatic carbocycles. The molecule has 5 rings (SSSR count). The number of aryl methyl sites for hydroxylation is 1. The maximum absolute atomic E-state index is 15.2. The molecule has 0 spiro atoms. The van der Waals surface area contributed by atoms with Crippen LogP contribution < -0.4 is 4.74 Å². The predicted molar refractivity (Wildman–Crippen MR) is 157 cm³/mol. The van der Waals surface area contributed by atoms with E-state index in [9.17, 15) is 26.3 Å². The van der Waals surface area contributed by atoms with Crippen molar-refractivity contribution in [1.82, 2.24) is 0 Å². The van der Waals surface area contributed by atoms with Crippen LogP contribution in [0.1, 0.15) is 17.5 Å². The Morgan fingerprint density at radius 1 is 0.617 bits per heavy atom. The first kappa shape index (κ1) is 33.6. The first-order valence-corrected chi connectivity index (χ1v) is 14.0. The summed E-state index contributed by atoms with van der Waals surface area (Å²) < 4.78 is 150. The average molecular weight is 681 g/mol. The fourth-order valence-electron chi connectivity index (χ4n) is 4.92. The minimum atomic E-state index is -4.47. The molecule has 0 radical (unpaired) electrons. The minimum Gasteiger partial charge on any atom is -0.429 e. The van der Waals surface area contributed by atoms with E-state index < -0.39 is 91.2 Å². The standard InChI is InChI=1S/C35H19ClF10O/c1-2-3-4-17-5-7-22(25(37)9-17)18-10-24(36)33(29(41)13-18)35(45,46)47-21-6-8-23(26(38)16-21)19-11-27(39)32(28(40)12-19)20-14-30(42)34(44)31(43)15-20/h2,5-16H,1,3-4H2. The lowest BCUT2D eigenvalue weighted by molar-refractivity contribution is -0.187. The van der Waals surface area contributed by atoms with Gasteiger partial charge in [0.15, 0.2) is 17.5 Å². The number of allylic oxidation sites excluding steroid dienone is 1. The Morgan fingerprint density at radius 2 is 1.15 bits per heavy atom. The first-order chi connectivity index (χ1) is 22.2. The molecule has 0 fully saturated rings. The summed E-state index contributed by atoms with van der Waals surface area (Å²) in [5.74, 6) is -12.4. The lowest BCUT2D eigenvalue weighted by atomic mass is 9.98. The maximum Gasteiger partial charge on any atom is 0.431 e. The predicted octanol–water partition coefficient (Wildman–Crippen LogP) is 11.7. The van der Waals surface area contributed by atoms with Gasteiger partial charge < -0.3 is 4.74 Å². The molecule has 1 nitrogen and oxygen atoms in total. The fourth-order valence-corrected chi connectivity index (χ4v) is 5.24. The molecule has 5 aromatic rings. The molecular formula is C35H19ClF10O. The number of halogens is 11. The van der Waals surface area contributed by atoms with Gasteiger partial charge in [-0.1, -0.05) is 29.8 Å². The van der Waals surface area contributed by atoms with Crippen LogP contribution in [0.15, 0.2) is 85.5 Å². The van der Waals surface area contributed by atoms with Gasteiger partial charge >= 0.3 is 6.11 Å². The molecule has 0 saturated carbocycles. The number of benzene rings is 5. The van der Waals surface area contributed by atoms with Gasteiger partial charge in [-0.3, -0.25) is 0 Å². The minimum absolute atomic E-state index is 0.0977. The highest BCUT2D eigenvalue weighted by Gasteiger charge is 2.40. The summed E-state index contributed by atoms with van der Waals surface area (Å²) in [5, 5.41) is -0.816.